The summed E-state index contributed by atoms with van der Waals surface area (Å²) in [6.07, 6.45) is 0. The van der Waals surface area contributed by atoms with E-state index in [1.807, 2.05) is 61.5 Å². The fraction of sp³-hybridized carbons (Fsp3) is 0.240. The monoisotopic (exact) mass is 405 g/mol. The van der Waals surface area contributed by atoms with Gasteiger partial charge in [-0.25, -0.2) is 0 Å². The van der Waals surface area contributed by atoms with Crippen molar-refractivity contribution in [2.24, 2.45) is 0 Å². The Hall–Kier alpha value is -3.47. The highest BCUT2D eigenvalue weighted by Crippen LogP contribution is 2.39. The van der Waals surface area contributed by atoms with Crippen LogP contribution in [0.2, 0.25) is 0 Å². The zero-order valence-electron chi connectivity index (χ0n) is 17.8. The van der Waals surface area contributed by atoms with Gasteiger partial charge in [0.1, 0.15) is 6.61 Å². The molecule has 156 valence electrons. The average Bonchev–Trinajstić information content (AvgIpc) is 2.78. The fourth-order valence-corrected chi connectivity index (χ4v) is 3.13. The Labute approximate surface area is 177 Å². The van der Waals surface area contributed by atoms with Crippen LogP contribution >= 0.6 is 0 Å². The molecule has 0 heterocycles. The first kappa shape index (κ1) is 21.2. The fourth-order valence-electron chi connectivity index (χ4n) is 3.13. The Bertz CT molecular complexity index is 959. The van der Waals surface area contributed by atoms with Crippen LogP contribution in [0, 0.1) is 6.92 Å². The molecule has 0 unspecified atom stereocenters. The second-order valence-electron chi connectivity index (χ2n) is 7.13. The minimum absolute atomic E-state index is 0.123. The van der Waals surface area contributed by atoms with E-state index in [0.717, 1.165) is 11.1 Å². The number of methoxy groups -OCH3 is 2. The van der Waals surface area contributed by atoms with Gasteiger partial charge in [0, 0.05) is 19.2 Å². The highest BCUT2D eigenvalue weighted by atomic mass is 16.5. The standard InChI is InChI=1S/C25H27NO4/c1-18-10-12-19(13-11-18)16-26(2)25(27)21-14-22(28-3)24(23(15-21)29-4)30-17-20-8-6-5-7-9-20/h5-15H,16-17H2,1-4H3. The first-order valence-corrected chi connectivity index (χ1v) is 9.75. The van der Waals surface area contributed by atoms with E-state index in [1.165, 1.54) is 5.56 Å². The number of hydrogen-bond acceptors (Lipinski definition) is 4. The minimum Gasteiger partial charge on any atom is -0.493 e. The molecule has 0 aliphatic rings. The summed E-state index contributed by atoms with van der Waals surface area (Å²) in [6, 6.07) is 21.4. The molecular weight excluding hydrogens is 378 g/mol. The van der Waals surface area contributed by atoms with Gasteiger partial charge < -0.3 is 19.1 Å². The Kier molecular flexibility index (Phi) is 6.96. The predicted octanol–water partition coefficient (Wildman–Crippen LogP) is 4.86. The van der Waals surface area contributed by atoms with E-state index in [1.54, 1.807) is 38.3 Å². The molecule has 0 bridgehead atoms. The predicted molar refractivity (Wildman–Crippen MR) is 117 cm³/mol. The molecule has 0 spiro atoms. The molecule has 0 radical (unpaired) electrons. The zero-order valence-corrected chi connectivity index (χ0v) is 17.8. The Morgan fingerprint density at radius 2 is 1.47 bits per heavy atom. The van der Waals surface area contributed by atoms with Crippen molar-refractivity contribution in [3.05, 3.63) is 89.0 Å². The second kappa shape index (κ2) is 9.83. The SMILES string of the molecule is COc1cc(C(=O)N(C)Cc2ccc(C)cc2)cc(OC)c1OCc1ccccc1. The van der Waals surface area contributed by atoms with Crippen molar-refractivity contribution in [3.8, 4) is 17.2 Å². The molecule has 5 heteroatoms. The third-order valence-corrected chi connectivity index (χ3v) is 4.82. The van der Waals surface area contributed by atoms with Crippen molar-refractivity contribution in [3.63, 3.8) is 0 Å². The maximum absolute atomic E-state index is 13.0. The van der Waals surface area contributed by atoms with Crippen LogP contribution in [-0.2, 0) is 13.2 Å². The molecule has 5 nitrogen and oxygen atoms in total. The van der Waals surface area contributed by atoms with Crippen LogP contribution in [0.3, 0.4) is 0 Å². The lowest BCUT2D eigenvalue weighted by Gasteiger charge is -2.20. The van der Waals surface area contributed by atoms with Crippen LogP contribution < -0.4 is 14.2 Å². The smallest absolute Gasteiger partial charge is 0.254 e. The molecular formula is C25H27NO4. The van der Waals surface area contributed by atoms with Crippen LogP contribution in [0.4, 0.5) is 0 Å². The topological polar surface area (TPSA) is 48.0 Å². The minimum atomic E-state index is -0.123. The van der Waals surface area contributed by atoms with E-state index in [2.05, 4.69) is 0 Å². The van der Waals surface area contributed by atoms with E-state index in [-0.39, 0.29) is 5.91 Å². The summed E-state index contributed by atoms with van der Waals surface area (Å²) in [5, 5.41) is 0. The summed E-state index contributed by atoms with van der Waals surface area (Å²) in [6.45, 7) is 2.92. The molecule has 3 rings (SSSR count). The van der Waals surface area contributed by atoms with Crippen LogP contribution in [0.15, 0.2) is 66.7 Å². The highest BCUT2D eigenvalue weighted by molar-refractivity contribution is 5.95. The van der Waals surface area contributed by atoms with Gasteiger partial charge in [-0.05, 0) is 30.2 Å². The van der Waals surface area contributed by atoms with Gasteiger partial charge in [-0.1, -0.05) is 60.2 Å². The molecule has 0 saturated carbocycles. The highest BCUT2D eigenvalue weighted by Gasteiger charge is 2.20. The van der Waals surface area contributed by atoms with Gasteiger partial charge in [-0.2, -0.15) is 0 Å². The Morgan fingerprint density at radius 1 is 0.867 bits per heavy atom. The van der Waals surface area contributed by atoms with Crippen molar-refractivity contribution in [2.45, 2.75) is 20.1 Å². The van der Waals surface area contributed by atoms with Gasteiger partial charge in [-0.3, -0.25) is 4.79 Å². The molecule has 0 fully saturated rings. The molecule has 1 amide bonds. The zero-order chi connectivity index (χ0) is 21.5. The third kappa shape index (κ3) is 5.11. The lowest BCUT2D eigenvalue weighted by molar-refractivity contribution is 0.0784. The molecule has 0 aliphatic carbocycles. The second-order valence-corrected chi connectivity index (χ2v) is 7.13. The summed E-state index contributed by atoms with van der Waals surface area (Å²) in [7, 11) is 4.88. The molecule has 30 heavy (non-hydrogen) atoms. The van der Waals surface area contributed by atoms with E-state index < -0.39 is 0 Å². The number of aryl methyl sites for hydroxylation is 1. The van der Waals surface area contributed by atoms with E-state index in [4.69, 9.17) is 14.2 Å². The Balaban J connectivity index is 1.80. The number of ether oxygens (including phenoxy) is 3. The van der Waals surface area contributed by atoms with Gasteiger partial charge >= 0.3 is 0 Å². The van der Waals surface area contributed by atoms with E-state index in [0.29, 0.717) is 36.0 Å². The first-order chi connectivity index (χ1) is 14.5. The van der Waals surface area contributed by atoms with Gasteiger partial charge in [0.2, 0.25) is 5.75 Å². The van der Waals surface area contributed by atoms with Gasteiger partial charge in [0.05, 0.1) is 14.2 Å². The molecule has 3 aromatic carbocycles. The maximum atomic E-state index is 13.0. The molecule has 0 aromatic heterocycles. The summed E-state index contributed by atoms with van der Waals surface area (Å²) in [5.41, 5.74) is 3.76. The van der Waals surface area contributed by atoms with Crippen molar-refractivity contribution in [1.29, 1.82) is 0 Å². The average molecular weight is 405 g/mol. The summed E-state index contributed by atoms with van der Waals surface area (Å²) in [4.78, 5) is 14.7. The van der Waals surface area contributed by atoms with Crippen molar-refractivity contribution < 1.29 is 19.0 Å². The number of nitrogens with zero attached hydrogens (tertiary/aromatic N) is 1. The quantitative estimate of drug-likeness (QED) is 0.537. The molecule has 0 saturated heterocycles. The van der Waals surface area contributed by atoms with Crippen LogP contribution in [0.5, 0.6) is 17.2 Å². The normalized spacial score (nSPS) is 10.4. The lowest BCUT2D eigenvalue weighted by Crippen LogP contribution is -2.26. The number of amides is 1. The molecule has 3 aromatic rings. The Morgan fingerprint density at radius 3 is 2.03 bits per heavy atom. The van der Waals surface area contributed by atoms with Gasteiger partial charge in [-0.15, -0.1) is 0 Å². The number of carbonyl (C=O) groups excluding carboxylic acids is 1. The van der Waals surface area contributed by atoms with Gasteiger partial charge in [0.25, 0.3) is 5.91 Å². The van der Waals surface area contributed by atoms with Crippen LogP contribution in [-0.4, -0.2) is 32.1 Å². The number of benzene rings is 3. The lowest BCUT2D eigenvalue weighted by atomic mass is 10.1. The van der Waals surface area contributed by atoms with E-state index in [9.17, 15) is 4.79 Å². The number of carbonyl (C=O) groups is 1. The van der Waals surface area contributed by atoms with Crippen LogP contribution in [0.1, 0.15) is 27.0 Å². The molecule has 0 N–H and O–H groups in total. The largest absolute Gasteiger partial charge is 0.493 e. The summed E-state index contributed by atoms with van der Waals surface area (Å²) in [5.74, 6) is 1.26. The number of hydrogen-bond donors (Lipinski definition) is 0. The number of rotatable bonds is 8. The first-order valence-electron chi connectivity index (χ1n) is 9.75. The summed E-state index contributed by atoms with van der Waals surface area (Å²) < 4.78 is 17.0. The summed E-state index contributed by atoms with van der Waals surface area (Å²) >= 11 is 0. The van der Waals surface area contributed by atoms with Crippen LogP contribution in [0.25, 0.3) is 0 Å². The van der Waals surface area contributed by atoms with Crippen molar-refractivity contribution in [2.75, 3.05) is 21.3 Å². The third-order valence-electron chi connectivity index (χ3n) is 4.82. The van der Waals surface area contributed by atoms with E-state index >= 15 is 0 Å². The maximum Gasteiger partial charge on any atom is 0.254 e. The molecule has 0 aliphatic heterocycles. The molecule has 0 atom stereocenters. The van der Waals surface area contributed by atoms with Gasteiger partial charge in [0.15, 0.2) is 11.5 Å². The van der Waals surface area contributed by atoms with Crippen molar-refractivity contribution in [1.82, 2.24) is 4.90 Å². The van der Waals surface area contributed by atoms with Crippen molar-refractivity contribution >= 4 is 5.91 Å².